The summed E-state index contributed by atoms with van der Waals surface area (Å²) in [5, 5.41) is 0. The Hall–Kier alpha value is -1.84. The number of fused-ring (bicyclic) bond motifs is 1. The number of halogens is 1. The number of benzene rings is 2. The van der Waals surface area contributed by atoms with E-state index in [1.807, 2.05) is 12.1 Å². The lowest BCUT2D eigenvalue weighted by atomic mass is 10.2. The molecule has 0 aliphatic rings. The molecule has 3 aromatic rings. The van der Waals surface area contributed by atoms with Gasteiger partial charge in [-0.3, -0.25) is 4.57 Å². The van der Waals surface area contributed by atoms with E-state index in [1.165, 1.54) is 5.56 Å². The number of nitrogens with zero attached hydrogens (tertiary/aromatic N) is 2. The first-order chi connectivity index (χ1) is 10.2. The standard InChI is InChI=1S/C17H17ClN2O/c1-12-6-7-15-16(8-12)20(17(10-18)19-15)14-5-3-4-13(9-14)11-21-2/h3-9H,10-11H2,1-2H3. The molecule has 0 unspecified atom stereocenters. The van der Waals surface area contributed by atoms with E-state index < -0.39 is 0 Å². The quantitative estimate of drug-likeness (QED) is 0.675. The molecule has 108 valence electrons. The maximum absolute atomic E-state index is 6.09. The van der Waals surface area contributed by atoms with E-state index in [2.05, 4.69) is 46.8 Å². The molecule has 21 heavy (non-hydrogen) atoms. The Labute approximate surface area is 129 Å². The Morgan fingerprint density at radius 2 is 2.05 bits per heavy atom. The van der Waals surface area contributed by atoms with Crippen LogP contribution in [-0.4, -0.2) is 16.7 Å². The van der Waals surface area contributed by atoms with Crippen molar-refractivity contribution in [1.82, 2.24) is 9.55 Å². The van der Waals surface area contributed by atoms with Crippen molar-refractivity contribution in [2.24, 2.45) is 0 Å². The minimum atomic E-state index is 0.377. The van der Waals surface area contributed by atoms with Crippen LogP contribution < -0.4 is 0 Å². The first-order valence-electron chi connectivity index (χ1n) is 6.85. The summed E-state index contributed by atoms with van der Waals surface area (Å²) in [6.07, 6.45) is 0. The highest BCUT2D eigenvalue weighted by atomic mass is 35.5. The average molecular weight is 301 g/mol. The Kier molecular flexibility index (Phi) is 3.95. The third kappa shape index (κ3) is 2.67. The predicted octanol–water partition coefficient (Wildman–Crippen LogP) is 4.22. The highest BCUT2D eigenvalue weighted by molar-refractivity contribution is 6.17. The van der Waals surface area contributed by atoms with Gasteiger partial charge in [-0.1, -0.05) is 18.2 Å². The van der Waals surface area contributed by atoms with E-state index >= 15 is 0 Å². The van der Waals surface area contributed by atoms with Crippen LogP contribution in [0.4, 0.5) is 0 Å². The fraction of sp³-hybridized carbons (Fsp3) is 0.235. The van der Waals surface area contributed by atoms with Crippen LogP contribution in [0, 0.1) is 6.92 Å². The summed E-state index contributed by atoms with van der Waals surface area (Å²) in [6, 6.07) is 14.5. The molecule has 0 bridgehead atoms. The van der Waals surface area contributed by atoms with Gasteiger partial charge in [0.05, 0.1) is 23.5 Å². The molecule has 0 aliphatic carbocycles. The molecule has 0 N–H and O–H groups in total. The molecule has 2 aromatic carbocycles. The van der Waals surface area contributed by atoms with E-state index in [4.69, 9.17) is 16.3 Å². The molecular formula is C17H17ClN2O. The maximum Gasteiger partial charge on any atom is 0.129 e. The summed E-state index contributed by atoms with van der Waals surface area (Å²) in [7, 11) is 1.70. The molecule has 0 amide bonds. The van der Waals surface area contributed by atoms with Gasteiger partial charge in [0, 0.05) is 12.8 Å². The monoisotopic (exact) mass is 300 g/mol. The fourth-order valence-corrected chi connectivity index (χ4v) is 2.74. The number of hydrogen-bond acceptors (Lipinski definition) is 2. The van der Waals surface area contributed by atoms with Gasteiger partial charge in [0.1, 0.15) is 5.82 Å². The lowest BCUT2D eigenvalue weighted by Crippen LogP contribution is -2.00. The van der Waals surface area contributed by atoms with Crippen LogP contribution in [0.1, 0.15) is 17.0 Å². The molecule has 1 heterocycles. The van der Waals surface area contributed by atoms with Crippen molar-refractivity contribution in [2.45, 2.75) is 19.4 Å². The second-order valence-corrected chi connectivity index (χ2v) is 5.36. The number of methoxy groups -OCH3 is 1. The molecule has 3 rings (SSSR count). The van der Waals surface area contributed by atoms with E-state index in [0.717, 1.165) is 28.1 Å². The highest BCUT2D eigenvalue weighted by Crippen LogP contribution is 2.24. The van der Waals surface area contributed by atoms with Crippen molar-refractivity contribution in [3.63, 3.8) is 0 Å². The van der Waals surface area contributed by atoms with E-state index in [0.29, 0.717) is 12.5 Å². The van der Waals surface area contributed by atoms with Crippen LogP contribution in [0.15, 0.2) is 42.5 Å². The normalized spacial score (nSPS) is 11.2. The third-order valence-electron chi connectivity index (χ3n) is 3.48. The molecular weight excluding hydrogens is 284 g/mol. The molecule has 0 saturated carbocycles. The summed E-state index contributed by atoms with van der Waals surface area (Å²) < 4.78 is 7.33. The van der Waals surface area contributed by atoms with E-state index in [9.17, 15) is 0 Å². The Morgan fingerprint density at radius 3 is 2.81 bits per heavy atom. The molecule has 0 atom stereocenters. The number of hydrogen-bond donors (Lipinski definition) is 0. The molecule has 3 nitrogen and oxygen atoms in total. The zero-order chi connectivity index (χ0) is 14.8. The van der Waals surface area contributed by atoms with Gasteiger partial charge in [0.25, 0.3) is 0 Å². The number of imidazole rings is 1. The maximum atomic E-state index is 6.09. The summed E-state index contributed by atoms with van der Waals surface area (Å²) >= 11 is 6.09. The van der Waals surface area contributed by atoms with Crippen LogP contribution in [0.2, 0.25) is 0 Å². The molecule has 0 radical (unpaired) electrons. The van der Waals surface area contributed by atoms with Gasteiger partial charge >= 0.3 is 0 Å². The zero-order valence-corrected chi connectivity index (χ0v) is 12.9. The van der Waals surface area contributed by atoms with Crippen molar-refractivity contribution in [2.75, 3.05) is 7.11 Å². The second-order valence-electron chi connectivity index (χ2n) is 5.09. The molecule has 0 saturated heterocycles. The number of aromatic nitrogens is 2. The van der Waals surface area contributed by atoms with Gasteiger partial charge in [-0.15, -0.1) is 11.6 Å². The van der Waals surface area contributed by atoms with Crippen molar-refractivity contribution < 1.29 is 4.74 Å². The second kappa shape index (κ2) is 5.88. The van der Waals surface area contributed by atoms with Crippen LogP contribution in [0.3, 0.4) is 0 Å². The van der Waals surface area contributed by atoms with Crippen molar-refractivity contribution in [3.05, 3.63) is 59.4 Å². The topological polar surface area (TPSA) is 27.1 Å². The number of ether oxygens (including phenoxy) is 1. The van der Waals surface area contributed by atoms with Gasteiger partial charge in [0.2, 0.25) is 0 Å². The van der Waals surface area contributed by atoms with Crippen molar-refractivity contribution in [3.8, 4) is 5.69 Å². The van der Waals surface area contributed by atoms with Crippen LogP contribution in [0.5, 0.6) is 0 Å². The minimum absolute atomic E-state index is 0.377. The summed E-state index contributed by atoms with van der Waals surface area (Å²) in [5.74, 6) is 1.23. The average Bonchev–Trinajstić information content (AvgIpc) is 2.85. The van der Waals surface area contributed by atoms with E-state index in [1.54, 1.807) is 7.11 Å². The Balaban J connectivity index is 2.22. The van der Waals surface area contributed by atoms with Gasteiger partial charge in [-0.2, -0.15) is 0 Å². The molecule has 1 aromatic heterocycles. The number of aryl methyl sites for hydroxylation is 1. The minimum Gasteiger partial charge on any atom is -0.380 e. The van der Waals surface area contributed by atoms with Crippen LogP contribution >= 0.6 is 11.6 Å². The predicted molar refractivity (Wildman–Crippen MR) is 86.1 cm³/mol. The highest BCUT2D eigenvalue weighted by Gasteiger charge is 2.12. The first-order valence-corrected chi connectivity index (χ1v) is 7.38. The van der Waals surface area contributed by atoms with Crippen molar-refractivity contribution in [1.29, 1.82) is 0 Å². The van der Waals surface area contributed by atoms with Crippen molar-refractivity contribution >= 4 is 22.6 Å². The van der Waals surface area contributed by atoms with Gasteiger partial charge < -0.3 is 4.74 Å². The zero-order valence-electron chi connectivity index (χ0n) is 12.1. The summed E-state index contributed by atoms with van der Waals surface area (Å²) in [5.41, 5.74) is 5.45. The smallest absolute Gasteiger partial charge is 0.129 e. The lowest BCUT2D eigenvalue weighted by Gasteiger charge is -2.10. The van der Waals surface area contributed by atoms with Gasteiger partial charge in [-0.25, -0.2) is 4.98 Å². The summed E-state index contributed by atoms with van der Waals surface area (Å²) in [4.78, 5) is 4.62. The number of rotatable bonds is 4. The third-order valence-corrected chi connectivity index (χ3v) is 3.72. The molecule has 4 heteroatoms. The van der Waals surface area contributed by atoms with Crippen LogP contribution in [-0.2, 0) is 17.2 Å². The number of alkyl halides is 1. The van der Waals surface area contributed by atoms with Crippen LogP contribution in [0.25, 0.3) is 16.7 Å². The van der Waals surface area contributed by atoms with Gasteiger partial charge in [-0.05, 0) is 42.3 Å². The largest absolute Gasteiger partial charge is 0.380 e. The lowest BCUT2D eigenvalue weighted by molar-refractivity contribution is 0.185. The molecule has 0 fully saturated rings. The summed E-state index contributed by atoms with van der Waals surface area (Å²) in [6.45, 7) is 2.67. The SMILES string of the molecule is COCc1cccc(-n2c(CCl)nc3ccc(C)cc32)c1. The Bertz CT molecular complexity index is 780. The fourth-order valence-electron chi connectivity index (χ4n) is 2.56. The molecule has 0 aliphatic heterocycles. The van der Waals surface area contributed by atoms with E-state index in [-0.39, 0.29) is 0 Å². The first kappa shape index (κ1) is 14.1. The Morgan fingerprint density at radius 1 is 1.19 bits per heavy atom. The molecule has 0 spiro atoms. The van der Waals surface area contributed by atoms with Gasteiger partial charge in [0.15, 0.2) is 0 Å².